The molecule has 1 amide bonds. The van der Waals surface area contributed by atoms with Crippen LogP contribution in [0.4, 0.5) is 0 Å². The van der Waals surface area contributed by atoms with Gasteiger partial charge in [-0.05, 0) is 6.42 Å². The van der Waals surface area contributed by atoms with E-state index >= 15 is 0 Å². The minimum Gasteiger partial charge on any atom is -0.467 e. The average Bonchev–Trinajstić information content (AvgIpc) is 2.35. The monoisotopic (exact) mass is 245 g/mol. The summed E-state index contributed by atoms with van der Waals surface area (Å²) in [7, 11) is 2.39. The van der Waals surface area contributed by atoms with Gasteiger partial charge in [-0.3, -0.25) is 4.79 Å². The van der Waals surface area contributed by atoms with Crippen LogP contribution in [0.2, 0.25) is 0 Å². The number of hydrogen-bond donors (Lipinski definition) is 2. The van der Waals surface area contributed by atoms with Crippen LogP contribution < -0.4 is 5.32 Å². The summed E-state index contributed by atoms with van der Waals surface area (Å²) in [5.41, 5.74) is 0. The van der Waals surface area contributed by atoms with Crippen molar-refractivity contribution in [1.82, 2.24) is 5.32 Å². The van der Waals surface area contributed by atoms with E-state index in [1.165, 1.54) is 20.3 Å². The van der Waals surface area contributed by atoms with Crippen molar-refractivity contribution in [1.29, 1.82) is 0 Å². The number of hydrogen-bond acceptors (Lipinski definition) is 6. The maximum absolute atomic E-state index is 11.2. The molecular formula is C10H15NO6. The molecular weight excluding hydrogens is 230 g/mol. The SMILES string of the molecule is COC(=O)/C=C/C[C@@H](NC(=O)CO)C(=O)OC. The van der Waals surface area contributed by atoms with Crippen molar-refractivity contribution in [2.24, 2.45) is 0 Å². The van der Waals surface area contributed by atoms with Gasteiger partial charge in [0.15, 0.2) is 0 Å². The van der Waals surface area contributed by atoms with Crippen molar-refractivity contribution >= 4 is 17.8 Å². The second-order valence-corrected chi connectivity index (χ2v) is 2.96. The molecule has 7 heteroatoms. The van der Waals surface area contributed by atoms with Gasteiger partial charge in [0.1, 0.15) is 12.6 Å². The van der Waals surface area contributed by atoms with Crippen LogP contribution in [-0.2, 0) is 23.9 Å². The van der Waals surface area contributed by atoms with Gasteiger partial charge in [-0.2, -0.15) is 0 Å². The summed E-state index contributed by atoms with van der Waals surface area (Å²) in [4.78, 5) is 32.9. The number of nitrogens with one attached hydrogen (secondary N) is 1. The van der Waals surface area contributed by atoms with Crippen LogP contribution >= 0.6 is 0 Å². The molecule has 0 aliphatic carbocycles. The topological polar surface area (TPSA) is 102 Å². The zero-order valence-corrected chi connectivity index (χ0v) is 9.63. The first-order valence-electron chi connectivity index (χ1n) is 4.77. The van der Waals surface area contributed by atoms with Gasteiger partial charge >= 0.3 is 11.9 Å². The second-order valence-electron chi connectivity index (χ2n) is 2.96. The summed E-state index contributed by atoms with van der Waals surface area (Å²) in [5.74, 6) is -1.93. The number of ether oxygens (including phenoxy) is 2. The highest BCUT2D eigenvalue weighted by atomic mass is 16.5. The molecule has 0 saturated carbocycles. The van der Waals surface area contributed by atoms with Crippen LogP contribution in [0.25, 0.3) is 0 Å². The van der Waals surface area contributed by atoms with Crippen molar-refractivity contribution in [2.45, 2.75) is 12.5 Å². The number of carbonyl (C=O) groups is 3. The lowest BCUT2D eigenvalue weighted by atomic mass is 10.2. The Labute approximate surface area is 98.4 Å². The van der Waals surface area contributed by atoms with E-state index < -0.39 is 30.5 Å². The highest BCUT2D eigenvalue weighted by Crippen LogP contribution is 1.97. The Morgan fingerprint density at radius 1 is 1.29 bits per heavy atom. The van der Waals surface area contributed by atoms with Crippen molar-refractivity contribution in [2.75, 3.05) is 20.8 Å². The molecule has 0 saturated heterocycles. The summed E-state index contributed by atoms with van der Waals surface area (Å²) in [5, 5.41) is 10.8. The molecule has 0 bridgehead atoms. The lowest BCUT2D eigenvalue weighted by Crippen LogP contribution is -2.42. The Morgan fingerprint density at radius 2 is 1.94 bits per heavy atom. The molecule has 0 heterocycles. The fourth-order valence-corrected chi connectivity index (χ4v) is 0.965. The number of rotatable bonds is 6. The summed E-state index contributed by atoms with van der Waals surface area (Å²) < 4.78 is 8.81. The van der Waals surface area contributed by atoms with Gasteiger partial charge in [-0.15, -0.1) is 0 Å². The lowest BCUT2D eigenvalue weighted by Gasteiger charge is -2.13. The molecule has 2 N–H and O–H groups in total. The maximum atomic E-state index is 11.2. The molecule has 0 aromatic heterocycles. The van der Waals surface area contributed by atoms with Gasteiger partial charge < -0.3 is 19.9 Å². The van der Waals surface area contributed by atoms with Gasteiger partial charge in [0.05, 0.1) is 14.2 Å². The first kappa shape index (κ1) is 15.1. The molecule has 0 rings (SSSR count). The third-order valence-corrected chi connectivity index (χ3v) is 1.79. The van der Waals surface area contributed by atoms with E-state index in [-0.39, 0.29) is 6.42 Å². The molecule has 0 unspecified atom stereocenters. The molecule has 0 fully saturated rings. The largest absolute Gasteiger partial charge is 0.467 e. The van der Waals surface area contributed by atoms with E-state index in [0.29, 0.717) is 0 Å². The van der Waals surface area contributed by atoms with Crippen LogP contribution in [0, 0.1) is 0 Å². The summed E-state index contributed by atoms with van der Waals surface area (Å²) in [6, 6.07) is -0.944. The first-order valence-corrected chi connectivity index (χ1v) is 4.77. The Bertz CT molecular complexity index is 312. The molecule has 0 spiro atoms. The normalized spacial score (nSPS) is 11.9. The van der Waals surface area contributed by atoms with Crippen LogP contribution in [0.5, 0.6) is 0 Å². The molecule has 1 atom stereocenters. The van der Waals surface area contributed by atoms with Gasteiger partial charge in [-0.1, -0.05) is 6.08 Å². The highest BCUT2D eigenvalue weighted by molar-refractivity contribution is 5.85. The van der Waals surface area contributed by atoms with Crippen molar-refractivity contribution < 1.29 is 29.0 Å². The summed E-state index contributed by atoms with van der Waals surface area (Å²) in [6.07, 6.45) is 2.56. The Morgan fingerprint density at radius 3 is 2.41 bits per heavy atom. The van der Waals surface area contributed by atoms with Crippen LogP contribution in [-0.4, -0.2) is 49.8 Å². The maximum Gasteiger partial charge on any atom is 0.330 e. The van der Waals surface area contributed by atoms with E-state index in [9.17, 15) is 14.4 Å². The molecule has 0 aromatic rings. The number of methoxy groups -OCH3 is 2. The fraction of sp³-hybridized carbons (Fsp3) is 0.500. The van der Waals surface area contributed by atoms with Gasteiger partial charge in [-0.25, -0.2) is 9.59 Å². The smallest absolute Gasteiger partial charge is 0.330 e. The molecule has 96 valence electrons. The van der Waals surface area contributed by atoms with Crippen LogP contribution in [0.15, 0.2) is 12.2 Å². The zero-order chi connectivity index (χ0) is 13.3. The van der Waals surface area contributed by atoms with Crippen molar-refractivity contribution in [3.05, 3.63) is 12.2 Å². The third-order valence-electron chi connectivity index (χ3n) is 1.79. The summed E-state index contributed by atoms with van der Waals surface area (Å²) >= 11 is 0. The number of aliphatic hydroxyl groups excluding tert-OH is 1. The Balaban J connectivity index is 4.39. The molecule has 0 aliphatic heterocycles. The van der Waals surface area contributed by atoms with Gasteiger partial charge in [0.2, 0.25) is 5.91 Å². The molecule has 0 aliphatic rings. The van der Waals surface area contributed by atoms with Crippen molar-refractivity contribution in [3.8, 4) is 0 Å². The number of carbonyl (C=O) groups excluding carboxylic acids is 3. The van der Waals surface area contributed by atoms with Gasteiger partial charge in [0, 0.05) is 6.08 Å². The molecule has 0 radical (unpaired) electrons. The fourth-order valence-electron chi connectivity index (χ4n) is 0.965. The number of aliphatic hydroxyl groups is 1. The van der Waals surface area contributed by atoms with E-state index in [1.807, 2.05) is 0 Å². The minimum atomic E-state index is -0.944. The first-order chi connectivity index (χ1) is 8.04. The van der Waals surface area contributed by atoms with Gasteiger partial charge in [0.25, 0.3) is 0 Å². The third kappa shape index (κ3) is 6.31. The number of amides is 1. The Kier molecular flexibility index (Phi) is 7.36. The van der Waals surface area contributed by atoms with Crippen LogP contribution in [0.1, 0.15) is 6.42 Å². The Hall–Kier alpha value is -1.89. The predicted molar refractivity (Wildman–Crippen MR) is 56.8 cm³/mol. The van der Waals surface area contributed by atoms with Crippen LogP contribution in [0.3, 0.4) is 0 Å². The zero-order valence-electron chi connectivity index (χ0n) is 9.63. The van der Waals surface area contributed by atoms with E-state index in [2.05, 4.69) is 14.8 Å². The highest BCUT2D eigenvalue weighted by Gasteiger charge is 2.19. The lowest BCUT2D eigenvalue weighted by molar-refractivity contribution is -0.145. The predicted octanol–water partition coefficient (Wildman–Crippen LogP) is -1.24. The van der Waals surface area contributed by atoms with E-state index in [0.717, 1.165) is 6.08 Å². The second kappa shape index (κ2) is 8.28. The van der Waals surface area contributed by atoms with E-state index in [4.69, 9.17) is 5.11 Å². The number of esters is 2. The molecule has 0 aromatic carbocycles. The molecule has 17 heavy (non-hydrogen) atoms. The standard InChI is InChI=1S/C10H15NO6/c1-16-9(14)5-3-4-7(10(15)17-2)11-8(13)6-12/h3,5,7,12H,4,6H2,1-2H3,(H,11,13)/b5-3+/t7-/m1/s1. The van der Waals surface area contributed by atoms with Crippen molar-refractivity contribution in [3.63, 3.8) is 0 Å². The summed E-state index contributed by atoms with van der Waals surface area (Å²) in [6.45, 7) is -0.728. The minimum absolute atomic E-state index is 0.0630. The average molecular weight is 245 g/mol. The quantitative estimate of drug-likeness (QED) is 0.448. The van der Waals surface area contributed by atoms with E-state index in [1.54, 1.807) is 0 Å². The molecule has 7 nitrogen and oxygen atoms in total.